The molecule has 5 heterocycles. The van der Waals surface area contributed by atoms with Crippen LogP contribution < -0.4 is 10.6 Å². The van der Waals surface area contributed by atoms with Gasteiger partial charge in [-0.25, -0.2) is 19.7 Å². The van der Waals surface area contributed by atoms with E-state index in [1.165, 1.54) is 6.33 Å². The maximum atomic E-state index is 13.3. The van der Waals surface area contributed by atoms with Gasteiger partial charge in [-0.3, -0.25) is 14.3 Å². The molecule has 0 amide bonds. The Morgan fingerprint density at radius 2 is 1.82 bits per heavy atom. The number of imidazole rings is 1. The Morgan fingerprint density at radius 3 is 2.68 bits per heavy atom. The van der Waals surface area contributed by atoms with E-state index in [-0.39, 0.29) is 17.5 Å². The van der Waals surface area contributed by atoms with Crippen molar-refractivity contribution in [2.75, 3.05) is 18.0 Å². The summed E-state index contributed by atoms with van der Waals surface area (Å²) >= 11 is 0. The molecule has 0 aliphatic carbocycles. The Morgan fingerprint density at radius 1 is 1.03 bits per heavy atom. The van der Waals surface area contributed by atoms with Gasteiger partial charge in [0.15, 0.2) is 5.65 Å². The van der Waals surface area contributed by atoms with Crippen LogP contribution in [0.2, 0.25) is 0 Å². The second-order valence-corrected chi connectivity index (χ2v) is 8.65. The number of ketones is 1. The zero-order chi connectivity index (χ0) is 23.2. The molecule has 6 rings (SSSR count). The summed E-state index contributed by atoms with van der Waals surface area (Å²) in [7, 11) is 1.93. The summed E-state index contributed by atoms with van der Waals surface area (Å²) in [4.78, 5) is 43.8. The molecule has 170 valence electrons. The molecular weight excluding hydrogens is 430 g/mol. The maximum Gasteiger partial charge on any atom is 0.327 e. The van der Waals surface area contributed by atoms with Crippen LogP contribution in [0.5, 0.6) is 0 Å². The van der Waals surface area contributed by atoms with Crippen molar-refractivity contribution in [3.63, 3.8) is 0 Å². The van der Waals surface area contributed by atoms with Crippen molar-refractivity contribution < 1.29 is 4.79 Å². The second kappa shape index (κ2) is 7.95. The number of nitrogens with one attached hydrogen (secondary N) is 1. The van der Waals surface area contributed by atoms with Crippen molar-refractivity contribution >= 4 is 33.7 Å². The summed E-state index contributed by atoms with van der Waals surface area (Å²) in [5.74, 6) is 0.609. The van der Waals surface area contributed by atoms with Gasteiger partial charge >= 0.3 is 5.69 Å². The Kier molecular flexibility index (Phi) is 4.75. The summed E-state index contributed by atoms with van der Waals surface area (Å²) in [6, 6.07) is 13.5. The average Bonchev–Trinajstić information content (AvgIpc) is 3.40. The molecule has 0 bridgehead atoms. The normalized spacial score (nSPS) is 14.8. The van der Waals surface area contributed by atoms with Crippen molar-refractivity contribution in [3.8, 4) is 0 Å². The smallest absolute Gasteiger partial charge is 0.327 e. The number of hydrogen-bond acceptors (Lipinski definition) is 6. The van der Waals surface area contributed by atoms with E-state index in [9.17, 15) is 9.59 Å². The fourth-order valence-electron chi connectivity index (χ4n) is 4.98. The molecule has 5 aromatic rings. The number of carbonyl (C=O) groups is 1. The molecule has 9 nitrogen and oxygen atoms in total. The van der Waals surface area contributed by atoms with Gasteiger partial charge < -0.3 is 9.47 Å². The van der Waals surface area contributed by atoms with Crippen LogP contribution in [0, 0.1) is 0 Å². The Hall–Kier alpha value is -4.27. The lowest BCUT2D eigenvalue weighted by Gasteiger charge is -2.33. The number of benzene rings is 1. The van der Waals surface area contributed by atoms with Gasteiger partial charge in [0.2, 0.25) is 5.78 Å². The number of anilines is 1. The predicted octanol–water partition coefficient (Wildman–Crippen LogP) is 3.08. The molecule has 34 heavy (non-hydrogen) atoms. The summed E-state index contributed by atoms with van der Waals surface area (Å²) in [6.07, 6.45) is 6.57. The fraction of sp³-hybridized carbons (Fsp3) is 0.240. The minimum atomic E-state index is -0.128. The zero-order valence-electron chi connectivity index (χ0n) is 18.7. The lowest BCUT2D eigenvalue weighted by Crippen LogP contribution is -2.37. The van der Waals surface area contributed by atoms with Crippen LogP contribution in [0.1, 0.15) is 34.9 Å². The van der Waals surface area contributed by atoms with E-state index in [2.05, 4.69) is 24.8 Å². The van der Waals surface area contributed by atoms with E-state index in [4.69, 9.17) is 0 Å². The molecule has 1 saturated heterocycles. The summed E-state index contributed by atoms with van der Waals surface area (Å²) in [5, 5.41) is 0.912. The third kappa shape index (κ3) is 3.28. The number of piperidine rings is 1. The first-order chi connectivity index (χ1) is 16.6. The van der Waals surface area contributed by atoms with Gasteiger partial charge in [-0.05, 0) is 31.0 Å². The quantitative estimate of drug-likeness (QED) is 0.420. The maximum absolute atomic E-state index is 13.3. The minimum Gasteiger partial charge on any atom is -0.356 e. The van der Waals surface area contributed by atoms with Gasteiger partial charge in [0.1, 0.15) is 17.8 Å². The molecule has 0 unspecified atom stereocenters. The molecule has 1 fully saturated rings. The number of aryl methyl sites for hydroxylation is 1. The van der Waals surface area contributed by atoms with Crippen LogP contribution >= 0.6 is 0 Å². The highest BCUT2D eigenvalue weighted by Crippen LogP contribution is 2.28. The van der Waals surface area contributed by atoms with Gasteiger partial charge in [0.05, 0.1) is 5.52 Å². The van der Waals surface area contributed by atoms with Crippen LogP contribution in [0.4, 0.5) is 5.82 Å². The largest absolute Gasteiger partial charge is 0.356 e. The highest BCUT2D eigenvalue weighted by molar-refractivity contribution is 6.15. The van der Waals surface area contributed by atoms with Crippen LogP contribution in [0.15, 0.2) is 66.0 Å². The molecule has 9 heteroatoms. The zero-order valence-corrected chi connectivity index (χ0v) is 18.7. The number of aromatic nitrogens is 6. The number of para-hydroxylation sites is 1. The molecule has 1 N–H and O–H groups in total. The molecule has 0 atom stereocenters. The van der Waals surface area contributed by atoms with Gasteiger partial charge in [0, 0.05) is 61.1 Å². The fourth-order valence-corrected chi connectivity index (χ4v) is 4.98. The number of carbonyl (C=O) groups excluding carboxylic acids is 1. The minimum absolute atomic E-state index is 0.0836. The number of hydrogen-bond donors (Lipinski definition) is 1. The Labute approximate surface area is 194 Å². The number of pyridine rings is 1. The van der Waals surface area contributed by atoms with E-state index in [1.807, 2.05) is 58.8 Å². The van der Waals surface area contributed by atoms with Crippen LogP contribution in [-0.2, 0) is 7.05 Å². The van der Waals surface area contributed by atoms with Crippen molar-refractivity contribution in [2.24, 2.45) is 7.05 Å². The lowest BCUT2D eigenvalue weighted by atomic mass is 10.0. The Balaban J connectivity index is 1.24. The highest BCUT2D eigenvalue weighted by Gasteiger charge is 2.25. The van der Waals surface area contributed by atoms with Crippen molar-refractivity contribution in [1.82, 2.24) is 29.1 Å². The third-order valence-electron chi connectivity index (χ3n) is 6.67. The molecule has 0 radical (unpaired) electrons. The number of fused-ring (bicyclic) bond motifs is 2. The SMILES string of the molecule is Cn1cc(C(=O)c2cc(N3CCC(n4c(=O)[nH]c5ncccc54)CC3)ncn2)c2ccccc21. The highest BCUT2D eigenvalue weighted by atomic mass is 16.1. The molecule has 4 aromatic heterocycles. The Bertz CT molecular complexity index is 1590. The van der Waals surface area contributed by atoms with E-state index in [1.54, 1.807) is 12.3 Å². The molecular formula is C25H23N7O2. The number of nitrogens with zero attached hydrogens (tertiary/aromatic N) is 6. The van der Waals surface area contributed by atoms with Crippen molar-refractivity contribution in [2.45, 2.75) is 18.9 Å². The first-order valence-corrected chi connectivity index (χ1v) is 11.3. The van der Waals surface area contributed by atoms with Gasteiger partial charge in [-0.2, -0.15) is 0 Å². The van der Waals surface area contributed by atoms with Crippen molar-refractivity contribution in [1.29, 1.82) is 0 Å². The summed E-state index contributed by atoms with van der Waals surface area (Å²) in [5.41, 5.74) is 3.33. The number of rotatable bonds is 4. The number of H-pyrrole nitrogens is 1. The topological polar surface area (TPSA) is 102 Å². The third-order valence-corrected chi connectivity index (χ3v) is 6.67. The van der Waals surface area contributed by atoms with Gasteiger partial charge in [-0.1, -0.05) is 18.2 Å². The van der Waals surface area contributed by atoms with Crippen LogP contribution in [0.3, 0.4) is 0 Å². The summed E-state index contributed by atoms with van der Waals surface area (Å²) < 4.78 is 3.77. The summed E-state index contributed by atoms with van der Waals surface area (Å²) in [6.45, 7) is 1.45. The predicted molar refractivity (Wildman–Crippen MR) is 129 cm³/mol. The number of aromatic amines is 1. The first-order valence-electron chi connectivity index (χ1n) is 11.3. The first kappa shape index (κ1) is 20.3. The van der Waals surface area contributed by atoms with E-state index in [0.29, 0.717) is 16.9 Å². The molecule has 1 aliphatic rings. The van der Waals surface area contributed by atoms with E-state index in [0.717, 1.165) is 48.2 Å². The average molecular weight is 454 g/mol. The molecule has 0 saturated carbocycles. The van der Waals surface area contributed by atoms with Gasteiger partial charge in [-0.15, -0.1) is 0 Å². The second-order valence-electron chi connectivity index (χ2n) is 8.65. The van der Waals surface area contributed by atoms with Crippen LogP contribution in [0.25, 0.3) is 22.1 Å². The monoisotopic (exact) mass is 453 g/mol. The van der Waals surface area contributed by atoms with Gasteiger partial charge in [0.25, 0.3) is 0 Å². The molecule has 0 spiro atoms. The molecule has 1 aromatic carbocycles. The van der Waals surface area contributed by atoms with E-state index < -0.39 is 0 Å². The standard InChI is InChI=1S/C25H23N7O2/c1-30-14-18(17-5-2-3-6-20(17)30)23(33)19-13-22(28-15-27-19)31-11-8-16(9-12-31)32-21-7-4-10-26-24(21)29-25(32)34/h2-7,10,13-16H,8-9,11-12H2,1H3,(H,26,29,34). The van der Waals surface area contributed by atoms with Crippen molar-refractivity contribution in [3.05, 3.63) is 82.9 Å². The van der Waals surface area contributed by atoms with E-state index >= 15 is 0 Å². The lowest BCUT2D eigenvalue weighted by molar-refractivity contribution is 0.103. The van der Waals surface area contributed by atoms with Crippen LogP contribution in [-0.4, -0.2) is 47.9 Å². The molecule has 1 aliphatic heterocycles.